The van der Waals surface area contributed by atoms with Gasteiger partial charge in [-0.1, -0.05) is 43.7 Å². The summed E-state index contributed by atoms with van der Waals surface area (Å²) in [5, 5.41) is 0. The summed E-state index contributed by atoms with van der Waals surface area (Å²) in [6.45, 7) is 5.74. The van der Waals surface area contributed by atoms with Crippen LogP contribution in [0.2, 0.25) is 0 Å². The van der Waals surface area contributed by atoms with Crippen LogP contribution in [0.5, 0.6) is 5.75 Å². The number of para-hydroxylation sites is 1. The van der Waals surface area contributed by atoms with Crippen molar-refractivity contribution in [3.05, 3.63) is 36.4 Å². The number of hydrogen-bond acceptors (Lipinski definition) is 2. The molecule has 17 heavy (non-hydrogen) atoms. The van der Waals surface area contributed by atoms with Crippen molar-refractivity contribution in [2.45, 2.75) is 45.0 Å². The zero-order valence-electron chi connectivity index (χ0n) is 10.4. The Balaban J connectivity index is 1.92. The van der Waals surface area contributed by atoms with Crippen LogP contribution in [0.3, 0.4) is 0 Å². The molecule has 1 aromatic carbocycles. The van der Waals surface area contributed by atoms with Crippen LogP contribution in [0.1, 0.15) is 38.2 Å². The van der Waals surface area contributed by atoms with Crippen LogP contribution >= 0.6 is 0 Å². The van der Waals surface area contributed by atoms with E-state index in [1.807, 2.05) is 31.2 Å². The highest BCUT2D eigenvalue weighted by atomic mass is 16.7. The molecule has 0 radical (unpaired) electrons. The van der Waals surface area contributed by atoms with Crippen LogP contribution < -0.4 is 4.74 Å². The number of rotatable bonds is 5. The Morgan fingerprint density at radius 3 is 2.71 bits per heavy atom. The molecule has 0 bridgehead atoms. The van der Waals surface area contributed by atoms with Gasteiger partial charge in [-0.15, -0.1) is 0 Å². The summed E-state index contributed by atoms with van der Waals surface area (Å²) in [6.07, 6.45) is 6.87. The smallest absolute Gasteiger partial charge is 0.197 e. The van der Waals surface area contributed by atoms with E-state index in [1.54, 1.807) is 6.08 Å². The molecule has 1 fully saturated rings. The second kappa shape index (κ2) is 5.87. The van der Waals surface area contributed by atoms with Crippen molar-refractivity contribution in [2.24, 2.45) is 0 Å². The number of hydrogen-bond donors (Lipinski definition) is 0. The van der Waals surface area contributed by atoms with Crippen molar-refractivity contribution < 1.29 is 9.47 Å². The summed E-state index contributed by atoms with van der Waals surface area (Å²) in [7, 11) is 0. The zero-order valence-corrected chi connectivity index (χ0v) is 10.4. The SMILES string of the molecule is C=Cc1ccccc1OC(C)OC1CCCC1. The quantitative estimate of drug-likeness (QED) is 0.714. The lowest BCUT2D eigenvalue weighted by Crippen LogP contribution is -2.22. The van der Waals surface area contributed by atoms with Gasteiger partial charge in [-0.2, -0.15) is 0 Å². The number of ether oxygens (including phenoxy) is 2. The first-order valence-corrected chi connectivity index (χ1v) is 6.33. The topological polar surface area (TPSA) is 18.5 Å². The van der Waals surface area contributed by atoms with Gasteiger partial charge >= 0.3 is 0 Å². The molecule has 1 aromatic rings. The normalized spacial score (nSPS) is 17.9. The van der Waals surface area contributed by atoms with Crippen molar-refractivity contribution in [1.29, 1.82) is 0 Å². The first-order chi connectivity index (χ1) is 8.29. The van der Waals surface area contributed by atoms with Crippen molar-refractivity contribution in [2.75, 3.05) is 0 Å². The predicted molar refractivity (Wildman–Crippen MR) is 70.0 cm³/mol. The molecule has 1 atom stereocenters. The first-order valence-electron chi connectivity index (χ1n) is 6.33. The van der Waals surface area contributed by atoms with Crippen molar-refractivity contribution in [3.63, 3.8) is 0 Å². The van der Waals surface area contributed by atoms with Crippen LogP contribution in [-0.4, -0.2) is 12.4 Å². The Kier molecular flexibility index (Phi) is 4.21. The van der Waals surface area contributed by atoms with E-state index in [0.29, 0.717) is 6.10 Å². The van der Waals surface area contributed by atoms with Gasteiger partial charge in [-0.3, -0.25) is 0 Å². The molecule has 0 saturated heterocycles. The van der Waals surface area contributed by atoms with Crippen molar-refractivity contribution in [3.8, 4) is 5.75 Å². The minimum atomic E-state index is -0.195. The maximum Gasteiger partial charge on any atom is 0.197 e. The van der Waals surface area contributed by atoms with Gasteiger partial charge in [-0.05, 0) is 25.8 Å². The molecule has 2 rings (SSSR count). The molecule has 0 spiro atoms. The lowest BCUT2D eigenvalue weighted by Gasteiger charge is -2.20. The lowest BCUT2D eigenvalue weighted by atomic mass is 10.2. The van der Waals surface area contributed by atoms with Crippen LogP contribution in [-0.2, 0) is 4.74 Å². The largest absolute Gasteiger partial charge is 0.465 e. The summed E-state index contributed by atoms with van der Waals surface area (Å²) in [5.41, 5.74) is 1.01. The molecule has 2 heteroatoms. The van der Waals surface area contributed by atoms with E-state index < -0.39 is 0 Å². The highest BCUT2D eigenvalue weighted by molar-refractivity contribution is 5.55. The molecule has 1 aliphatic rings. The van der Waals surface area contributed by atoms with Crippen molar-refractivity contribution >= 4 is 6.08 Å². The molecule has 1 saturated carbocycles. The Morgan fingerprint density at radius 2 is 2.00 bits per heavy atom. The Morgan fingerprint density at radius 1 is 1.29 bits per heavy atom. The van der Waals surface area contributed by atoms with Gasteiger partial charge in [0.1, 0.15) is 5.75 Å². The second-order valence-corrected chi connectivity index (χ2v) is 4.47. The third-order valence-corrected chi connectivity index (χ3v) is 3.12. The molecule has 0 amide bonds. The molecular formula is C15H20O2. The molecule has 0 N–H and O–H groups in total. The fraction of sp³-hybridized carbons (Fsp3) is 0.467. The minimum absolute atomic E-state index is 0.195. The second-order valence-electron chi connectivity index (χ2n) is 4.47. The van der Waals surface area contributed by atoms with E-state index in [0.717, 1.165) is 24.2 Å². The van der Waals surface area contributed by atoms with E-state index in [-0.39, 0.29) is 6.29 Å². The molecular weight excluding hydrogens is 212 g/mol. The van der Waals surface area contributed by atoms with Gasteiger partial charge in [-0.25, -0.2) is 0 Å². The van der Waals surface area contributed by atoms with E-state index in [9.17, 15) is 0 Å². The van der Waals surface area contributed by atoms with E-state index in [2.05, 4.69) is 6.58 Å². The summed E-state index contributed by atoms with van der Waals surface area (Å²) >= 11 is 0. The van der Waals surface area contributed by atoms with Crippen LogP contribution in [0.4, 0.5) is 0 Å². The van der Waals surface area contributed by atoms with Crippen LogP contribution in [0.25, 0.3) is 6.08 Å². The third kappa shape index (κ3) is 3.34. The van der Waals surface area contributed by atoms with Crippen LogP contribution in [0.15, 0.2) is 30.8 Å². The monoisotopic (exact) mass is 232 g/mol. The molecule has 0 aromatic heterocycles. The van der Waals surface area contributed by atoms with Gasteiger partial charge in [0.05, 0.1) is 6.10 Å². The average molecular weight is 232 g/mol. The van der Waals surface area contributed by atoms with E-state index in [4.69, 9.17) is 9.47 Å². The first kappa shape index (κ1) is 12.2. The maximum atomic E-state index is 5.86. The predicted octanol–water partition coefficient (Wildman–Crippen LogP) is 4.01. The molecule has 92 valence electrons. The fourth-order valence-corrected chi connectivity index (χ4v) is 2.26. The summed E-state index contributed by atoms with van der Waals surface area (Å²) in [6, 6.07) is 7.88. The standard InChI is InChI=1S/C15H20O2/c1-3-13-8-4-7-11-15(13)17-12(2)16-14-9-5-6-10-14/h3-4,7-8,11-12,14H,1,5-6,9-10H2,2H3. The van der Waals surface area contributed by atoms with Crippen LogP contribution in [0, 0.1) is 0 Å². The van der Waals surface area contributed by atoms with Gasteiger partial charge in [0.25, 0.3) is 0 Å². The Bertz CT molecular complexity index is 367. The Hall–Kier alpha value is -1.28. The molecule has 1 aliphatic carbocycles. The zero-order chi connectivity index (χ0) is 12.1. The average Bonchev–Trinajstić information content (AvgIpc) is 2.82. The lowest BCUT2D eigenvalue weighted by molar-refractivity contribution is -0.105. The third-order valence-electron chi connectivity index (χ3n) is 3.12. The highest BCUT2D eigenvalue weighted by Crippen LogP contribution is 2.25. The fourth-order valence-electron chi connectivity index (χ4n) is 2.26. The molecule has 0 heterocycles. The minimum Gasteiger partial charge on any atom is -0.465 e. The number of benzene rings is 1. The molecule has 0 aliphatic heterocycles. The van der Waals surface area contributed by atoms with Crippen molar-refractivity contribution in [1.82, 2.24) is 0 Å². The van der Waals surface area contributed by atoms with Gasteiger partial charge in [0, 0.05) is 5.56 Å². The maximum absolute atomic E-state index is 5.86. The highest BCUT2D eigenvalue weighted by Gasteiger charge is 2.19. The van der Waals surface area contributed by atoms with Gasteiger partial charge < -0.3 is 9.47 Å². The molecule has 1 unspecified atom stereocenters. The molecule has 2 nitrogen and oxygen atoms in total. The van der Waals surface area contributed by atoms with Gasteiger partial charge in [0.2, 0.25) is 0 Å². The summed E-state index contributed by atoms with van der Waals surface area (Å²) < 4.78 is 11.7. The van der Waals surface area contributed by atoms with E-state index in [1.165, 1.54) is 12.8 Å². The Labute approximate surface area is 103 Å². The summed E-state index contributed by atoms with van der Waals surface area (Å²) in [4.78, 5) is 0. The summed E-state index contributed by atoms with van der Waals surface area (Å²) in [5.74, 6) is 0.841. The van der Waals surface area contributed by atoms with E-state index >= 15 is 0 Å². The van der Waals surface area contributed by atoms with Gasteiger partial charge in [0.15, 0.2) is 6.29 Å².